The van der Waals surface area contributed by atoms with Crippen molar-refractivity contribution in [3.8, 4) is 5.75 Å². The van der Waals surface area contributed by atoms with E-state index in [4.69, 9.17) is 9.47 Å². The Bertz CT molecular complexity index is 1080. The molecule has 0 saturated carbocycles. The molecular formula is C30H34N2O3. The second kappa shape index (κ2) is 11.1. The molecular weight excluding hydrogens is 436 g/mol. The van der Waals surface area contributed by atoms with E-state index in [2.05, 4.69) is 46.6 Å². The molecule has 1 spiro atoms. The van der Waals surface area contributed by atoms with Crippen LogP contribution in [0.1, 0.15) is 47.2 Å². The molecule has 5 nitrogen and oxygen atoms in total. The minimum absolute atomic E-state index is 0.0201. The summed E-state index contributed by atoms with van der Waals surface area (Å²) in [6.07, 6.45) is 4.31. The highest BCUT2D eigenvalue weighted by atomic mass is 16.5. The van der Waals surface area contributed by atoms with Crippen molar-refractivity contribution in [3.63, 3.8) is 0 Å². The fourth-order valence-corrected chi connectivity index (χ4v) is 5.11. The molecule has 2 saturated heterocycles. The molecule has 0 radical (unpaired) electrons. The molecule has 5 rings (SSSR count). The average Bonchev–Trinajstić information content (AvgIpc) is 3.32. The monoisotopic (exact) mass is 470 g/mol. The van der Waals surface area contributed by atoms with Gasteiger partial charge in [-0.1, -0.05) is 60.7 Å². The molecule has 2 fully saturated rings. The Balaban J connectivity index is 1.04. The van der Waals surface area contributed by atoms with E-state index >= 15 is 0 Å². The Morgan fingerprint density at radius 3 is 2.29 bits per heavy atom. The normalized spacial score (nSPS) is 19.5. The van der Waals surface area contributed by atoms with Crippen molar-refractivity contribution in [3.05, 3.63) is 102 Å². The number of amides is 1. The molecule has 3 aromatic rings. The lowest BCUT2D eigenvalue weighted by molar-refractivity contribution is -0.0764. The number of hydrogen-bond donors (Lipinski definition) is 1. The van der Waals surface area contributed by atoms with Crippen LogP contribution in [0.2, 0.25) is 0 Å². The first-order chi connectivity index (χ1) is 17.2. The number of ether oxygens (including phenoxy) is 2. The predicted octanol–water partition coefficient (Wildman–Crippen LogP) is 5.21. The predicted molar refractivity (Wildman–Crippen MR) is 137 cm³/mol. The van der Waals surface area contributed by atoms with E-state index in [9.17, 15) is 4.79 Å². The van der Waals surface area contributed by atoms with Gasteiger partial charge in [0.05, 0.1) is 11.7 Å². The Hall–Kier alpha value is -3.15. The molecule has 35 heavy (non-hydrogen) atoms. The van der Waals surface area contributed by atoms with Gasteiger partial charge in [-0.25, -0.2) is 0 Å². The number of carbonyl (C=O) groups excluding carboxylic acids is 1. The Morgan fingerprint density at radius 1 is 0.886 bits per heavy atom. The van der Waals surface area contributed by atoms with Crippen molar-refractivity contribution in [1.82, 2.24) is 10.2 Å². The summed E-state index contributed by atoms with van der Waals surface area (Å²) in [6, 6.07) is 28.1. The summed E-state index contributed by atoms with van der Waals surface area (Å²) in [5, 5.41) is 3.04. The quantitative estimate of drug-likeness (QED) is 0.491. The maximum absolute atomic E-state index is 12.3. The van der Waals surface area contributed by atoms with Gasteiger partial charge in [0.15, 0.2) is 0 Å². The number of likely N-dealkylation sites (tertiary alicyclic amines) is 1. The third-order valence-corrected chi connectivity index (χ3v) is 7.21. The van der Waals surface area contributed by atoms with Crippen LogP contribution in [-0.2, 0) is 17.9 Å². The molecule has 0 aliphatic carbocycles. The van der Waals surface area contributed by atoms with Crippen molar-refractivity contribution in [2.75, 3.05) is 19.6 Å². The van der Waals surface area contributed by atoms with Gasteiger partial charge in [-0.3, -0.25) is 9.69 Å². The summed E-state index contributed by atoms with van der Waals surface area (Å²) in [4.78, 5) is 14.8. The minimum atomic E-state index is -0.0264. The third-order valence-electron chi connectivity index (χ3n) is 7.21. The van der Waals surface area contributed by atoms with E-state index < -0.39 is 0 Å². The largest absolute Gasteiger partial charge is 0.489 e. The van der Waals surface area contributed by atoms with Gasteiger partial charge in [0, 0.05) is 31.7 Å². The van der Waals surface area contributed by atoms with Crippen molar-refractivity contribution in [1.29, 1.82) is 0 Å². The molecule has 1 N–H and O–H groups in total. The zero-order valence-electron chi connectivity index (χ0n) is 20.2. The van der Waals surface area contributed by atoms with Gasteiger partial charge in [0.2, 0.25) is 0 Å². The number of nitrogens with one attached hydrogen (secondary N) is 1. The van der Waals surface area contributed by atoms with Crippen LogP contribution in [0.15, 0.2) is 84.9 Å². The van der Waals surface area contributed by atoms with Crippen molar-refractivity contribution >= 4 is 5.91 Å². The van der Waals surface area contributed by atoms with Crippen molar-refractivity contribution < 1.29 is 14.3 Å². The zero-order valence-corrected chi connectivity index (χ0v) is 20.2. The molecule has 0 bridgehead atoms. The molecule has 0 aromatic heterocycles. The highest BCUT2D eigenvalue weighted by Crippen LogP contribution is 2.39. The Kier molecular flexibility index (Phi) is 7.45. The topological polar surface area (TPSA) is 50.8 Å². The Morgan fingerprint density at radius 2 is 1.57 bits per heavy atom. The van der Waals surface area contributed by atoms with E-state index in [1.165, 1.54) is 11.1 Å². The van der Waals surface area contributed by atoms with E-state index in [1.54, 1.807) is 0 Å². The van der Waals surface area contributed by atoms with Gasteiger partial charge < -0.3 is 14.8 Å². The highest BCUT2D eigenvalue weighted by Gasteiger charge is 2.42. The van der Waals surface area contributed by atoms with Crippen LogP contribution in [-0.4, -0.2) is 42.1 Å². The fraction of sp³-hybridized carbons (Fsp3) is 0.367. The molecule has 2 aliphatic heterocycles. The third kappa shape index (κ3) is 6.30. The first-order valence-corrected chi connectivity index (χ1v) is 12.7. The van der Waals surface area contributed by atoms with Crippen molar-refractivity contribution in [2.24, 2.45) is 0 Å². The number of benzene rings is 3. The smallest absolute Gasteiger partial charge is 0.251 e. The van der Waals surface area contributed by atoms with Gasteiger partial charge in [0.1, 0.15) is 12.4 Å². The molecule has 5 heteroatoms. The summed E-state index contributed by atoms with van der Waals surface area (Å²) in [5.41, 5.74) is 3.16. The molecule has 3 aromatic carbocycles. The molecule has 0 unspecified atom stereocenters. The Labute approximate surface area is 208 Å². The maximum atomic E-state index is 12.3. The number of hydrogen-bond acceptors (Lipinski definition) is 4. The highest BCUT2D eigenvalue weighted by molar-refractivity contribution is 5.94. The first kappa shape index (κ1) is 23.6. The van der Waals surface area contributed by atoms with Crippen LogP contribution < -0.4 is 10.1 Å². The van der Waals surface area contributed by atoms with E-state index in [-0.39, 0.29) is 17.6 Å². The van der Waals surface area contributed by atoms with Crippen LogP contribution >= 0.6 is 0 Å². The summed E-state index contributed by atoms with van der Waals surface area (Å²) >= 11 is 0. The first-order valence-electron chi connectivity index (χ1n) is 12.7. The second-order valence-corrected chi connectivity index (χ2v) is 9.73. The lowest BCUT2D eigenvalue weighted by Gasteiger charge is -2.39. The maximum Gasteiger partial charge on any atom is 0.251 e. The SMILES string of the molecule is O=C(NC[C@H]1CCC2(CCN(Cc3ccc(OCc4ccccc4)cc3)CC2)O1)c1ccccc1. The summed E-state index contributed by atoms with van der Waals surface area (Å²) in [5.74, 6) is 0.876. The second-order valence-electron chi connectivity index (χ2n) is 9.73. The minimum Gasteiger partial charge on any atom is -0.489 e. The van der Waals surface area contributed by atoms with Crippen LogP contribution in [0, 0.1) is 0 Å². The summed E-state index contributed by atoms with van der Waals surface area (Å²) < 4.78 is 12.4. The number of piperidine rings is 1. The molecule has 182 valence electrons. The fourth-order valence-electron chi connectivity index (χ4n) is 5.11. The summed E-state index contributed by atoms with van der Waals surface area (Å²) in [6.45, 7) is 4.19. The number of rotatable bonds is 8. The lowest BCUT2D eigenvalue weighted by atomic mass is 9.88. The zero-order chi connectivity index (χ0) is 23.9. The molecule has 1 atom stereocenters. The number of nitrogens with zero attached hydrogens (tertiary/aromatic N) is 1. The standard InChI is InChI=1S/C30H34N2O3/c33-29(26-9-5-2-6-10-26)31-21-28-15-16-30(35-28)17-19-32(20-18-30)22-24-11-13-27(14-12-24)34-23-25-7-3-1-4-8-25/h1-14,28H,15-23H2,(H,31,33)/t28-/m1/s1. The van der Waals surface area contributed by atoms with Crippen LogP contribution in [0.25, 0.3) is 0 Å². The lowest BCUT2D eigenvalue weighted by Crippen LogP contribution is -2.44. The van der Waals surface area contributed by atoms with Crippen LogP contribution in [0.4, 0.5) is 0 Å². The van der Waals surface area contributed by atoms with E-state index in [1.807, 2.05) is 48.5 Å². The van der Waals surface area contributed by atoms with Gasteiger partial charge in [-0.05, 0) is 61.1 Å². The number of carbonyl (C=O) groups is 1. The van der Waals surface area contributed by atoms with Gasteiger partial charge in [-0.2, -0.15) is 0 Å². The average molecular weight is 471 g/mol. The molecule has 2 aliphatic rings. The van der Waals surface area contributed by atoms with E-state index in [0.717, 1.165) is 51.1 Å². The molecule has 1 amide bonds. The van der Waals surface area contributed by atoms with Gasteiger partial charge in [-0.15, -0.1) is 0 Å². The van der Waals surface area contributed by atoms with Gasteiger partial charge >= 0.3 is 0 Å². The van der Waals surface area contributed by atoms with Crippen LogP contribution in [0.3, 0.4) is 0 Å². The van der Waals surface area contributed by atoms with Crippen molar-refractivity contribution in [2.45, 2.75) is 50.5 Å². The summed E-state index contributed by atoms with van der Waals surface area (Å²) in [7, 11) is 0. The molecule has 2 heterocycles. The van der Waals surface area contributed by atoms with Crippen LogP contribution in [0.5, 0.6) is 5.75 Å². The van der Waals surface area contributed by atoms with Gasteiger partial charge in [0.25, 0.3) is 5.91 Å². The van der Waals surface area contributed by atoms with E-state index in [0.29, 0.717) is 18.7 Å².